The van der Waals surface area contributed by atoms with E-state index in [2.05, 4.69) is 0 Å². The molecule has 0 unspecified atom stereocenters. The van der Waals surface area contributed by atoms with E-state index >= 15 is 0 Å². The van der Waals surface area contributed by atoms with Crippen molar-refractivity contribution in [2.75, 3.05) is 0 Å². The molecule has 6 nitrogen and oxygen atoms in total. The van der Waals surface area contributed by atoms with Gasteiger partial charge in [-0.1, -0.05) is 12.1 Å². The summed E-state index contributed by atoms with van der Waals surface area (Å²) >= 11 is 0. The number of aliphatic hydroxyl groups is 1. The largest absolute Gasteiger partial charge is 0.508 e. The first-order valence-corrected chi connectivity index (χ1v) is 6.34. The number of nitro benzene ring substituents is 1. The lowest BCUT2D eigenvalue weighted by Gasteiger charge is -2.13. The van der Waals surface area contributed by atoms with Gasteiger partial charge in [-0.05, 0) is 30.7 Å². The number of nitro groups is 1. The Labute approximate surface area is 121 Å². The van der Waals surface area contributed by atoms with Crippen molar-refractivity contribution in [2.45, 2.75) is 19.6 Å². The molecule has 2 aromatic rings. The number of phenolic OH excluding ortho intramolecular Hbond substituents is 1. The molecule has 0 aromatic heterocycles. The van der Waals surface area contributed by atoms with Crippen LogP contribution >= 0.6 is 0 Å². The molecule has 21 heavy (non-hydrogen) atoms. The van der Waals surface area contributed by atoms with Crippen molar-refractivity contribution in [3.8, 4) is 11.5 Å². The molecule has 6 heteroatoms. The number of hydrogen-bond acceptors (Lipinski definition) is 5. The van der Waals surface area contributed by atoms with E-state index in [4.69, 9.17) is 4.74 Å². The molecule has 0 aliphatic rings. The molecule has 0 bridgehead atoms. The fraction of sp³-hybridized carbons (Fsp3) is 0.200. The van der Waals surface area contributed by atoms with Crippen molar-refractivity contribution >= 4 is 5.69 Å². The van der Waals surface area contributed by atoms with Crippen LogP contribution in [0.25, 0.3) is 0 Å². The average molecular weight is 289 g/mol. The number of aromatic hydroxyl groups is 1. The highest BCUT2D eigenvalue weighted by molar-refractivity contribution is 5.45. The number of hydrogen-bond donors (Lipinski definition) is 2. The summed E-state index contributed by atoms with van der Waals surface area (Å²) in [7, 11) is 0. The lowest BCUT2D eigenvalue weighted by atomic mass is 10.1. The van der Waals surface area contributed by atoms with Gasteiger partial charge in [0.1, 0.15) is 18.1 Å². The lowest BCUT2D eigenvalue weighted by Crippen LogP contribution is -2.02. The van der Waals surface area contributed by atoms with Gasteiger partial charge >= 0.3 is 0 Å². The average Bonchev–Trinajstić information content (AvgIpc) is 2.46. The zero-order chi connectivity index (χ0) is 15.4. The Morgan fingerprint density at radius 1 is 1.24 bits per heavy atom. The van der Waals surface area contributed by atoms with Gasteiger partial charge in [-0.15, -0.1) is 0 Å². The summed E-state index contributed by atoms with van der Waals surface area (Å²) in [5, 5.41) is 29.7. The molecule has 0 saturated heterocycles. The third-order valence-corrected chi connectivity index (χ3v) is 2.98. The van der Waals surface area contributed by atoms with E-state index in [1.807, 2.05) is 0 Å². The first kappa shape index (κ1) is 14.8. The summed E-state index contributed by atoms with van der Waals surface area (Å²) in [6.07, 6.45) is -0.875. The number of non-ortho nitro benzene ring substituents is 1. The zero-order valence-electron chi connectivity index (χ0n) is 11.4. The van der Waals surface area contributed by atoms with Crippen molar-refractivity contribution in [1.29, 1.82) is 0 Å². The van der Waals surface area contributed by atoms with Gasteiger partial charge in [-0.3, -0.25) is 10.1 Å². The predicted octanol–water partition coefficient (Wildman–Crippen LogP) is 2.93. The fourth-order valence-corrected chi connectivity index (χ4v) is 1.86. The van der Waals surface area contributed by atoms with Gasteiger partial charge in [0.15, 0.2) is 0 Å². The molecule has 2 rings (SSSR count). The highest BCUT2D eigenvalue weighted by Gasteiger charge is 2.15. The minimum Gasteiger partial charge on any atom is -0.508 e. The van der Waals surface area contributed by atoms with Crippen molar-refractivity contribution in [1.82, 2.24) is 0 Å². The molecule has 2 aromatic carbocycles. The van der Waals surface area contributed by atoms with Crippen molar-refractivity contribution < 1.29 is 19.9 Å². The van der Waals surface area contributed by atoms with Gasteiger partial charge < -0.3 is 14.9 Å². The Hall–Kier alpha value is -2.60. The van der Waals surface area contributed by atoms with Gasteiger partial charge in [-0.2, -0.15) is 0 Å². The standard InChI is InChI=1S/C15H15NO5/c1-10(17)14-8-12(16(19)20)4-7-15(14)21-9-11-2-5-13(18)6-3-11/h2-8,10,17-18H,9H2,1H3/t10-/m0/s1. The maximum absolute atomic E-state index is 10.8. The molecule has 0 aliphatic carbocycles. The molecule has 0 radical (unpaired) electrons. The Bertz CT molecular complexity index is 637. The molecular formula is C15H15NO5. The summed E-state index contributed by atoms with van der Waals surface area (Å²) in [5.74, 6) is 0.558. The van der Waals surface area contributed by atoms with Crippen molar-refractivity contribution in [3.05, 3.63) is 63.7 Å². The second kappa shape index (κ2) is 6.23. The van der Waals surface area contributed by atoms with Crippen LogP contribution < -0.4 is 4.74 Å². The third kappa shape index (κ3) is 3.70. The van der Waals surface area contributed by atoms with Crippen LogP contribution in [0.5, 0.6) is 11.5 Å². The molecule has 0 fully saturated rings. The molecule has 1 atom stereocenters. The van der Waals surface area contributed by atoms with E-state index in [1.165, 1.54) is 25.1 Å². The first-order valence-electron chi connectivity index (χ1n) is 6.34. The first-order chi connectivity index (χ1) is 9.97. The lowest BCUT2D eigenvalue weighted by molar-refractivity contribution is -0.385. The van der Waals surface area contributed by atoms with Crippen LogP contribution in [-0.2, 0) is 6.61 Å². The molecule has 0 amide bonds. The molecule has 0 aliphatic heterocycles. The van der Waals surface area contributed by atoms with Crippen LogP contribution in [0, 0.1) is 10.1 Å². The number of rotatable bonds is 5. The Morgan fingerprint density at radius 2 is 1.90 bits per heavy atom. The van der Waals surface area contributed by atoms with Gasteiger partial charge in [-0.25, -0.2) is 0 Å². The highest BCUT2D eigenvalue weighted by Crippen LogP contribution is 2.30. The van der Waals surface area contributed by atoms with Crippen LogP contribution in [0.3, 0.4) is 0 Å². The van der Waals surface area contributed by atoms with Gasteiger partial charge in [0.2, 0.25) is 0 Å². The van der Waals surface area contributed by atoms with E-state index < -0.39 is 11.0 Å². The van der Waals surface area contributed by atoms with Crippen LogP contribution in [0.1, 0.15) is 24.2 Å². The number of ether oxygens (including phenoxy) is 1. The Kier molecular flexibility index (Phi) is 4.39. The van der Waals surface area contributed by atoms with E-state index in [1.54, 1.807) is 24.3 Å². The summed E-state index contributed by atoms with van der Waals surface area (Å²) in [6.45, 7) is 1.75. The van der Waals surface area contributed by atoms with Gasteiger partial charge in [0.05, 0.1) is 11.0 Å². The van der Waals surface area contributed by atoms with E-state index in [0.717, 1.165) is 5.56 Å². The van der Waals surface area contributed by atoms with Crippen LogP contribution in [0.15, 0.2) is 42.5 Å². The molecule has 110 valence electrons. The SMILES string of the molecule is C[C@H](O)c1cc([N+](=O)[O-])ccc1OCc1ccc(O)cc1. The topological polar surface area (TPSA) is 92.8 Å². The molecular weight excluding hydrogens is 274 g/mol. The normalized spacial score (nSPS) is 11.9. The zero-order valence-corrected chi connectivity index (χ0v) is 11.4. The number of benzene rings is 2. The van der Waals surface area contributed by atoms with Crippen LogP contribution in [-0.4, -0.2) is 15.1 Å². The molecule has 0 heterocycles. The van der Waals surface area contributed by atoms with Crippen molar-refractivity contribution in [3.63, 3.8) is 0 Å². The molecule has 0 spiro atoms. The summed E-state index contributed by atoms with van der Waals surface area (Å²) in [6, 6.07) is 10.6. The van der Waals surface area contributed by atoms with E-state index in [-0.39, 0.29) is 18.0 Å². The van der Waals surface area contributed by atoms with Crippen LogP contribution in [0.2, 0.25) is 0 Å². The smallest absolute Gasteiger partial charge is 0.270 e. The number of aliphatic hydroxyl groups excluding tert-OH is 1. The number of nitrogens with zero attached hydrogens (tertiary/aromatic N) is 1. The highest BCUT2D eigenvalue weighted by atomic mass is 16.6. The quantitative estimate of drug-likeness (QED) is 0.652. The fourth-order valence-electron chi connectivity index (χ4n) is 1.86. The van der Waals surface area contributed by atoms with E-state index in [9.17, 15) is 20.3 Å². The monoisotopic (exact) mass is 289 g/mol. The predicted molar refractivity (Wildman–Crippen MR) is 76.2 cm³/mol. The number of phenols is 1. The van der Waals surface area contributed by atoms with Gasteiger partial charge in [0, 0.05) is 17.7 Å². The summed E-state index contributed by atoms with van der Waals surface area (Å²) in [4.78, 5) is 10.2. The van der Waals surface area contributed by atoms with E-state index in [0.29, 0.717) is 11.3 Å². The molecule has 0 saturated carbocycles. The second-order valence-corrected chi connectivity index (χ2v) is 4.61. The Balaban J connectivity index is 2.19. The van der Waals surface area contributed by atoms with Gasteiger partial charge in [0.25, 0.3) is 5.69 Å². The Morgan fingerprint density at radius 3 is 2.48 bits per heavy atom. The van der Waals surface area contributed by atoms with Crippen molar-refractivity contribution in [2.24, 2.45) is 0 Å². The third-order valence-electron chi connectivity index (χ3n) is 2.98. The summed E-state index contributed by atoms with van der Waals surface area (Å²) < 4.78 is 5.59. The second-order valence-electron chi connectivity index (χ2n) is 4.61. The minimum absolute atomic E-state index is 0.0946. The maximum Gasteiger partial charge on any atom is 0.270 e. The maximum atomic E-state index is 10.8. The van der Waals surface area contributed by atoms with Crippen LogP contribution in [0.4, 0.5) is 5.69 Å². The summed E-state index contributed by atoms with van der Waals surface area (Å²) in [5.41, 5.74) is 1.11. The molecule has 2 N–H and O–H groups in total. The minimum atomic E-state index is -0.875.